The Balaban J connectivity index is 1.31. The number of aromatic nitrogens is 3. The van der Waals surface area contributed by atoms with Gasteiger partial charge in [-0.05, 0) is 49.1 Å². The van der Waals surface area contributed by atoms with Crippen molar-refractivity contribution in [1.82, 2.24) is 25.2 Å². The minimum atomic E-state index is -0.169. The number of pyridine rings is 3. The molecule has 3 aromatic heterocycles. The first-order valence-electron chi connectivity index (χ1n) is 11.3. The molecule has 2 unspecified atom stereocenters. The number of carbonyl (C=O) groups is 1. The Labute approximate surface area is 186 Å². The fourth-order valence-electron chi connectivity index (χ4n) is 5.02. The molecule has 32 heavy (non-hydrogen) atoms. The van der Waals surface area contributed by atoms with E-state index in [1.807, 2.05) is 25.3 Å². The maximum Gasteiger partial charge on any atom is 0.269 e. The zero-order valence-electron chi connectivity index (χ0n) is 18.5. The van der Waals surface area contributed by atoms with Crippen molar-refractivity contribution in [2.24, 2.45) is 0 Å². The molecular formula is C24H28N6O2. The lowest BCUT2D eigenvalue weighted by Crippen LogP contribution is -2.53. The first-order chi connectivity index (χ1) is 15.6. The van der Waals surface area contributed by atoms with Crippen LogP contribution < -0.4 is 15.8 Å². The zero-order chi connectivity index (χ0) is 22.2. The van der Waals surface area contributed by atoms with Gasteiger partial charge in [0.2, 0.25) is 0 Å². The molecule has 8 heteroatoms. The Bertz CT molecular complexity index is 1190. The molecule has 0 radical (unpaired) electrons. The van der Waals surface area contributed by atoms with E-state index < -0.39 is 0 Å². The van der Waals surface area contributed by atoms with Crippen molar-refractivity contribution in [2.75, 3.05) is 25.0 Å². The number of nitrogens with one attached hydrogen (secondary N) is 2. The molecule has 2 saturated heterocycles. The molecule has 8 nitrogen and oxygen atoms in total. The van der Waals surface area contributed by atoms with E-state index in [0.717, 1.165) is 47.5 Å². The lowest BCUT2D eigenvalue weighted by molar-refractivity contribution is 0.0958. The van der Waals surface area contributed by atoms with E-state index in [-0.39, 0.29) is 11.5 Å². The normalized spacial score (nSPS) is 20.6. The summed E-state index contributed by atoms with van der Waals surface area (Å²) in [6.07, 6.45) is 6.78. The van der Waals surface area contributed by atoms with Crippen molar-refractivity contribution >= 4 is 22.6 Å². The smallest absolute Gasteiger partial charge is 0.269 e. The van der Waals surface area contributed by atoms with Crippen LogP contribution in [0, 0.1) is 0 Å². The molecule has 2 N–H and O–H groups in total. The minimum Gasteiger partial charge on any atom is -0.367 e. The first-order valence-corrected chi connectivity index (χ1v) is 11.3. The number of hydrogen-bond acceptors (Lipinski definition) is 6. The van der Waals surface area contributed by atoms with Gasteiger partial charge in [0.05, 0.1) is 22.9 Å². The number of amides is 1. The van der Waals surface area contributed by atoms with E-state index in [1.54, 1.807) is 19.3 Å². The van der Waals surface area contributed by atoms with Gasteiger partial charge in [-0.3, -0.25) is 19.5 Å². The Morgan fingerprint density at radius 1 is 1.16 bits per heavy atom. The van der Waals surface area contributed by atoms with Gasteiger partial charge in [-0.1, -0.05) is 6.92 Å². The van der Waals surface area contributed by atoms with Crippen molar-refractivity contribution in [2.45, 2.75) is 44.8 Å². The van der Waals surface area contributed by atoms with Crippen LogP contribution in [0.4, 0.5) is 5.69 Å². The largest absolute Gasteiger partial charge is 0.367 e. The third-order valence-electron chi connectivity index (χ3n) is 6.78. The van der Waals surface area contributed by atoms with Crippen LogP contribution in [-0.2, 0) is 13.0 Å². The summed E-state index contributed by atoms with van der Waals surface area (Å²) in [5.74, 6) is -0.169. The van der Waals surface area contributed by atoms with Crippen molar-refractivity contribution in [3.8, 4) is 0 Å². The van der Waals surface area contributed by atoms with Crippen LogP contribution in [0.5, 0.6) is 0 Å². The van der Waals surface area contributed by atoms with E-state index in [9.17, 15) is 9.59 Å². The molecule has 3 aromatic rings. The Morgan fingerprint density at radius 3 is 2.59 bits per heavy atom. The number of carbonyl (C=O) groups excluding carboxylic acids is 1. The average molecular weight is 433 g/mol. The van der Waals surface area contributed by atoms with Crippen LogP contribution in [0.2, 0.25) is 0 Å². The number of H-pyrrole nitrogens is 1. The Morgan fingerprint density at radius 2 is 1.94 bits per heavy atom. The summed E-state index contributed by atoms with van der Waals surface area (Å²) in [6.45, 7) is 4.69. The van der Waals surface area contributed by atoms with E-state index in [2.05, 4.69) is 36.1 Å². The molecular weight excluding hydrogens is 404 g/mol. The topological polar surface area (TPSA) is 94.2 Å². The molecule has 5 heterocycles. The van der Waals surface area contributed by atoms with Crippen molar-refractivity contribution < 1.29 is 4.79 Å². The fourth-order valence-corrected chi connectivity index (χ4v) is 5.02. The second-order valence-electron chi connectivity index (χ2n) is 8.70. The van der Waals surface area contributed by atoms with Crippen LogP contribution in [0.25, 0.3) is 11.0 Å². The predicted octanol–water partition coefficient (Wildman–Crippen LogP) is 2.09. The van der Waals surface area contributed by atoms with E-state index in [4.69, 9.17) is 0 Å². The molecule has 2 aliphatic rings. The number of anilines is 1. The number of hydrogen-bond donors (Lipinski definition) is 2. The summed E-state index contributed by atoms with van der Waals surface area (Å²) in [4.78, 5) is 40.8. The summed E-state index contributed by atoms with van der Waals surface area (Å²) < 4.78 is 0. The molecule has 0 spiro atoms. The predicted molar refractivity (Wildman–Crippen MR) is 124 cm³/mol. The molecule has 2 fully saturated rings. The molecule has 0 aliphatic carbocycles. The molecule has 0 aromatic carbocycles. The van der Waals surface area contributed by atoms with Crippen LogP contribution in [0.3, 0.4) is 0 Å². The minimum absolute atomic E-state index is 0.0244. The lowest BCUT2D eigenvalue weighted by Gasteiger charge is -2.42. The van der Waals surface area contributed by atoms with Gasteiger partial charge in [0.1, 0.15) is 5.69 Å². The maximum atomic E-state index is 12.2. The fraction of sp³-hybridized carbons (Fsp3) is 0.417. The molecule has 2 aliphatic heterocycles. The summed E-state index contributed by atoms with van der Waals surface area (Å²) in [7, 11) is 1.61. The van der Waals surface area contributed by atoms with Crippen LogP contribution >= 0.6 is 0 Å². The molecule has 166 valence electrons. The molecule has 2 bridgehead atoms. The van der Waals surface area contributed by atoms with Crippen LogP contribution in [0.1, 0.15) is 41.4 Å². The molecule has 2 atom stereocenters. The van der Waals surface area contributed by atoms with Gasteiger partial charge >= 0.3 is 0 Å². The van der Waals surface area contributed by atoms with Gasteiger partial charge in [0, 0.05) is 50.5 Å². The summed E-state index contributed by atoms with van der Waals surface area (Å²) in [5, 5.41) is 2.61. The van der Waals surface area contributed by atoms with Gasteiger partial charge in [0.25, 0.3) is 11.5 Å². The maximum absolute atomic E-state index is 12.2. The van der Waals surface area contributed by atoms with Gasteiger partial charge in [0.15, 0.2) is 0 Å². The van der Waals surface area contributed by atoms with Gasteiger partial charge in [-0.25, -0.2) is 4.98 Å². The third kappa shape index (κ3) is 3.75. The number of nitrogens with zero attached hydrogens (tertiary/aromatic N) is 4. The number of aryl methyl sites for hydroxylation is 1. The average Bonchev–Trinajstić information content (AvgIpc) is 3.04. The standard InChI is InChI=1S/C24H28N6O2/c1-3-16-9-21-22(28-23(16)31)8-15(10-26-21)12-30-18-4-5-19(30)14-29(13-18)17-6-7-20(27-11-17)24(32)25-2/h6-11,18-19H,3-5,12-14H2,1-2H3,(H,25,32)(H,28,31). The highest BCUT2D eigenvalue weighted by molar-refractivity contribution is 5.92. The van der Waals surface area contributed by atoms with Crippen molar-refractivity contribution in [3.63, 3.8) is 0 Å². The second kappa shape index (κ2) is 8.35. The second-order valence-corrected chi connectivity index (χ2v) is 8.70. The number of rotatable bonds is 5. The number of fused-ring (bicyclic) bond motifs is 3. The number of aromatic amines is 1. The van der Waals surface area contributed by atoms with Crippen molar-refractivity contribution in [3.05, 3.63) is 63.8 Å². The zero-order valence-corrected chi connectivity index (χ0v) is 18.5. The number of piperazine rings is 1. The Hall–Kier alpha value is -3.26. The molecule has 1 amide bonds. The SMILES string of the molecule is CCc1cc2ncc(CN3C4CCC3CN(c3ccc(C(=O)NC)nc3)C4)cc2[nH]c1=O. The van der Waals surface area contributed by atoms with Crippen molar-refractivity contribution in [1.29, 1.82) is 0 Å². The molecule has 5 rings (SSSR count). The van der Waals surface area contributed by atoms with E-state index in [1.165, 1.54) is 12.8 Å². The highest BCUT2D eigenvalue weighted by Gasteiger charge is 2.39. The highest BCUT2D eigenvalue weighted by atomic mass is 16.1. The van der Waals surface area contributed by atoms with Gasteiger partial charge in [-0.15, -0.1) is 0 Å². The summed E-state index contributed by atoms with van der Waals surface area (Å²) in [6, 6.07) is 8.66. The monoisotopic (exact) mass is 432 g/mol. The summed E-state index contributed by atoms with van der Waals surface area (Å²) in [5.41, 5.74) is 5.01. The van der Waals surface area contributed by atoms with Crippen LogP contribution in [-0.4, -0.2) is 58.0 Å². The van der Waals surface area contributed by atoms with Gasteiger partial charge < -0.3 is 15.2 Å². The first kappa shape index (κ1) is 20.6. The van der Waals surface area contributed by atoms with E-state index >= 15 is 0 Å². The quantitative estimate of drug-likeness (QED) is 0.641. The van der Waals surface area contributed by atoms with Crippen LogP contribution in [0.15, 0.2) is 41.5 Å². The summed E-state index contributed by atoms with van der Waals surface area (Å²) >= 11 is 0. The third-order valence-corrected chi connectivity index (χ3v) is 6.78. The Kier molecular flexibility index (Phi) is 5.38. The van der Waals surface area contributed by atoms with Gasteiger partial charge in [-0.2, -0.15) is 0 Å². The lowest BCUT2D eigenvalue weighted by atomic mass is 10.1. The highest BCUT2D eigenvalue weighted by Crippen LogP contribution is 2.33. The van der Waals surface area contributed by atoms with E-state index in [0.29, 0.717) is 24.2 Å². The molecule has 0 saturated carbocycles.